The Balaban J connectivity index is 1.87. The third kappa shape index (κ3) is 4.77. The number of morpholine rings is 1. The zero-order valence-electron chi connectivity index (χ0n) is 16.9. The number of sulfonamides is 1. The standard InChI is InChI=1S/C19H25N3O5S2/c1-19(2,3)18-20-12-16(28-18)17(23)21-14-11-13(5-6-15(14)26-4)29(24,25)22-7-9-27-10-8-22/h5-6,11-12H,7-10H2,1-4H3,(H,21,23). The van der Waals surface area contributed by atoms with E-state index in [1.807, 2.05) is 20.8 Å². The number of rotatable bonds is 5. The Bertz CT molecular complexity index is 990. The molecular formula is C19H25N3O5S2. The summed E-state index contributed by atoms with van der Waals surface area (Å²) in [5, 5.41) is 3.60. The first-order chi connectivity index (χ1) is 13.6. The largest absolute Gasteiger partial charge is 0.495 e. The number of benzene rings is 1. The summed E-state index contributed by atoms with van der Waals surface area (Å²) < 4.78 is 37.7. The molecule has 2 heterocycles. The minimum atomic E-state index is -3.69. The van der Waals surface area contributed by atoms with Crippen molar-refractivity contribution in [2.75, 3.05) is 38.7 Å². The average molecular weight is 440 g/mol. The Morgan fingerprint density at radius 3 is 2.55 bits per heavy atom. The van der Waals surface area contributed by atoms with E-state index in [1.54, 1.807) is 0 Å². The van der Waals surface area contributed by atoms with E-state index in [0.717, 1.165) is 5.01 Å². The number of aromatic nitrogens is 1. The molecule has 8 nitrogen and oxygen atoms in total. The SMILES string of the molecule is COc1ccc(S(=O)(=O)N2CCOCC2)cc1NC(=O)c1cnc(C(C)(C)C)s1. The fourth-order valence-corrected chi connectivity index (χ4v) is 5.09. The molecule has 3 rings (SSSR count). The van der Waals surface area contributed by atoms with Crippen LogP contribution >= 0.6 is 11.3 Å². The highest BCUT2D eigenvalue weighted by atomic mass is 32.2. The maximum atomic E-state index is 12.9. The molecule has 29 heavy (non-hydrogen) atoms. The van der Waals surface area contributed by atoms with Crippen LogP contribution in [0.15, 0.2) is 29.3 Å². The molecule has 0 spiro atoms. The molecular weight excluding hydrogens is 414 g/mol. The molecule has 1 amide bonds. The van der Waals surface area contributed by atoms with Gasteiger partial charge in [-0.25, -0.2) is 13.4 Å². The molecule has 158 valence electrons. The molecule has 0 bridgehead atoms. The van der Waals surface area contributed by atoms with Gasteiger partial charge < -0.3 is 14.8 Å². The van der Waals surface area contributed by atoms with E-state index in [9.17, 15) is 13.2 Å². The van der Waals surface area contributed by atoms with E-state index in [1.165, 1.54) is 47.1 Å². The van der Waals surface area contributed by atoms with Crippen LogP contribution in [-0.2, 0) is 20.2 Å². The van der Waals surface area contributed by atoms with Gasteiger partial charge in [0.25, 0.3) is 5.91 Å². The maximum Gasteiger partial charge on any atom is 0.267 e. The Morgan fingerprint density at radius 2 is 1.97 bits per heavy atom. The molecule has 1 aromatic heterocycles. The van der Waals surface area contributed by atoms with E-state index < -0.39 is 10.0 Å². The zero-order valence-corrected chi connectivity index (χ0v) is 18.5. The fraction of sp³-hybridized carbons (Fsp3) is 0.474. The fourth-order valence-electron chi connectivity index (χ4n) is 2.79. The molecule has 1 saturated heterocycles. The van der Waals surface area contributed by atoms with Crippen LogP contribution in [0.4, 0.5) is 5.69 Å². The lowest BCUT2D eigenvalue weighted by atomic mass is 9.98. The van der Waals surface area contributed by atoms with Crippen LogP contribution in [0.1, 0.15) is 35.5 Å². The second kappa shape index (κ2) is 8.39. The third-order valence-corrected chi connectivity index (χ3v) is 7.71. The Kier molecular flexibility index (Phi) is 6.27. The summed E-state index contributed by atoms with van der Waals surface area (Å²) in [4.78, 5) is 17.6. The number of ether oxygens (including phenoxy) is 2. The van der Waals surface area contributed by atoms with E-state index in [4.69, 9.17) is 9.47 Å². The Hall–Kier alpha value is -2.01. The summed E-state index contributed by atoms with van der Waals surface area (Å²) in [6, 6.07) is 4.44. The molecule has 0 saturated carbocycles. The zero-order chi connectivity index (χ0) is 21.2. The minimum Gasteiger partial charge on any atom is -0.495 e. The number of carbonyl (C=O) groups is 1. The second-order valence-corrected chi connectivity index (χ2v) is 10.6. The summed E-state index contributed by atoms with van der Waals surface area (Å²) in [5.41, 5.74) is 0.130. The van der Waals surface area contributed by atoms with Gasteiger partial charge in [-0.3, -0.25) is 4.79 Å². The Labute approximate surface area is 174 Å². The number of methoxy groups -OCH3 is 1. The van der Waals surface area contributed by atoms with Gasteiger partial charge in [0.2, 0.25) is 10.0 Å². The number of anilines is 1. The molecule has 0 unspecified atom stereocenters. The van der Waals surface area contributed by atoms with Gasteiger partial charge in [0.15, 0.2) is 0 Å². The van der Waals surface area contributed by atoms with Crippen LogP contribution in [0.25, 0.3) is 0 Å². The predicted octanol–water partition coefficient (Wildman–Crippen LogP) is 2.72. The first-order valence-corrected chi connectivity index (χ1v) is 11.4. The topological polar surface area (TPSA) is 97.8 Å². The number of thiazole rings is 1. The highest BCUT2D eigenvalue weighted by molar-refractivity contribution is 7.89. The van der Waals surface area contributed by atoms with Crippen LogP contribution in [0, 0.1) is 0 Å². The molecule has 1 fully saturated rings. The number of hydrogen-bond donors (Lipinski definition) is 1. The van der Waals surface area contributed by atoms with Crippen molar-refractivity contribution in [2.24, 2.45) is 0 Å². The van der Waals surface area contributed by atoms with E-state index in [-0.39, 0.29) is 21.9 Å². The normalized spacial score (nSPS) is 15.9. The molecule has 1 N–H and O–H groups in total. The highest BCUT2D eigenvalue weighted by Crippen LogP contribution is 2.31. The van der Waals surface area contributed by atoms with Crippen molar-refractivity contribution in [1.29, 1.82) is 0 Å². The maximum absolute atomic E-state index is 12.9. The van der Waals surface area contributed by atoms with Crippen LogP contribution in [0.5, 0.6) is 5.75 Å². The van der Waals surface area contributed by atoms with Gasteiger partial charge in [0.05, 0.1) is 42.1 Å². The van der Waals surface area contributed by atoms with Gasteiger partial charge in [-0.1, -0.05) is 20.8 Å². The minimum absolute atomic E-state index is 0.0928. The molecule has 1 aliphatic rings. The highest BCUT2D eigenvalue weighted by Gasteiger charge is 2.27. The summed E-state index contributed by atoms with van der Waals surface area (Å²) in [5.74, 6) is 0.0112. The van der Waals surface area contributed by atoms with E-state index >= 15 is 0 Å². The molecule has 2 aromatic rings. The smallest absolute Gasteiger partial charge is 0.267 e. The first-order valence-electron chi connectivity index (χ1n) is 9.16. The molecule has 0 radical (unpaired) electrons. The van der Waals surface area contributed by atoms with Crippen molar-refractivity contribution in [2.45, 2.75) is 31.1 Å². The number of hydrogen-bond acceptors (Lipinski definition) is 7. The molecule has 1 aliphatic heterocycles. The van der Waals surface area contributed by atoms with E-state index in [0.29, 0.717) is 36.9 Å². The van der Waals surface area contributed by atoms with Crippen LogP contribution in [0.2, 0.25) is 0 Å². The van der Waals surface area contributed by atoms with Crippen LogP contribution in [-0.4, -0.2) is 57.0 Å². The summed E-state index contributed by atoms with van der Waals surface area (Å²) in [6.07, 6.45) is 1.53. The van der Waals surface area contributed by atoms with Gasteiger partial charge in [-0.2, -0.15) is 4.31 Å². The van der Waals surface area contributed by atoms with Crippen molar-refractivity contribution < 1.29 is 22.7 Å². The summed E-state index contributed by atoms with van der Waals surface area (Å²) in [7, 11) is -2.22. The van der Waals surface area contributed by atoms with Crippen molar-refractivity contribution in [3.63, 3.8) is 0 Å². The van der Waals surface area contributed by atoms with Gasteiger partial charge in [-0.15, -0.1) is 11.3 Å². The Morgan fingerprint density at radius 1 is 1.28 bits per heavy atom. The number of amides is 1. The van der Waals surface area contributed by atoms with Gasteiger partial charge in [0, 0.05) is 18.5 Å². The number of nitrogens with zero attached hydrogens (tertiary/aromatic N) is 2. The van der Waals surface area contributed by atoms with E-state index in [2.05, 4.69) is 10.3 Å². The number of nitrogens with one attached hydrogen (secondary N) is 1. The van der Waals surface area contributed by atoms with Gasteiger partial charge >= 0.3 is 0 Å². The molecule has 1 aromatic carbocycles. The molecule has 10 heteroatoms. The van der Waals surface area contributed by atoms with Gasteiger partial charge in [-0.05, 0) is 18.2 Å². The quantitative estimate of drug-likeness (QED) is 0.769. The van der Waals surface area contributed by atoms with Crippen molar-refractivity contribution in [1.82, 2.24) is 9.29 Å². The summed E-state index contributed by atoms with van der Waals surface area (Å²) >= 11 is 1.31. The third-order valence-electron chi connectivity index (χ3n) is 4.40. The molecule has 0 aliphatic carbocycles. The van der Waals surface area contributed by atoms with Crippen LogP contribution < -0.4 is 10.1 Å². The monoisotopic (exact) mass is 439 g/mol. The average Bonchev–Trinajstić information content (AvgIpc) is 3.19. The molecule has 0 atom stereocenters. The van der Waals surface area contributed by atoms with Gasteiger partial charge in [0.1, 0.15) is 10.6 Å². The lowest BCUT2D eigenvalue weighted by molar-refractivity contribution is 0.0730. The van der Waals surface area contributed by atoms with Crippen molar-refractivity contribution in [3.8, 4) is 5.75 Å². The number of carbonyl (C=O) groups excluding carboxylic acids is 1. The van der Waals surface area contributed by atoms with Crippen molar-refractivity contribution in [3.05, 3.63) is 34.3 Å². The second-order valence-electron chi connectivity index (χ2n) is 7.61. The lowest BCUT2D eigenvalue weighted by Gasteiger charge is -2.26. The van der Waals surface area contributed by atoms with Crippen molar-refractivity contribution >= 4 is 33.0 Å². The first kappa shape index (κ1) is 21.7. The lowest BCUT2D eigenvalue weighted by Crippen LogP contribution is -2.40. The predicted molar refractivity (Wildman–Crippen MR) is 111 cm³/mol. The summed E-state index contributed by atoms with van der Waals surface area (Å²) in [6.45, 7) is 7.39. The van der Waals surface area contributed by atoms with Crippen LogP contribution in [0.3, 0.4) is 0 Å².